The second-order valence-electron chi connectivity index (χ2n) is 3.54. The average molecular weight is 146 g/mol. The van der Waals surface area contributed by atoms with Crippen molar-refractivity contribution in [2.75, 3.05) is 5.32 Å². The lowest BCUT2D eigenvalue weighted by atomic mass is 10.1. The second-order valence-corrected chi connectivity index (χ2v) is 3.54. The van der Waals surface area contributed by atoms with Crippen LogP contribution in [-0.4, -0.2) is 11.0 Å². The Morgan fingerprint density at radius 3 is 3.45 bits per heavy atom. The Morgan fingerprint density at radius 2 is 2.55 bits per heavy atom. The fourth-order valence-electron chi connectivity index (χ4n) is 1.87. The predicted octanol–water partition coefficient (Wildman–Crippen LogP) is 1.67. The zero-order valence-corrected chi connectivity index (χ0v) is 6.46. The average Bonchev–Trinajstić information content (AvgIpc) is 2.67. The summed E-state index contributed by atoms with van der Waals surface area (Å²) >= 11 is 0. The molecule has 56 valence electrons. The van der Waals surface area contributed by atoms with Gasteiger partial charge in [0.25, 0.3) is 0 Å². The van der Waals surface area contributed by atoms with Crippen LogP contribution < -0.4 is 5.32 Å². The van der Waals surface area contributed by atoms with Crippen LogP contribution in [0.4, 0.5) is 5.82 Å². The fraction of sp³-hybridized carbons (Fsp3) is 0.444. The molecule has 3 rings (SSSR count). The van der Waals surface area contributed by atoms with E-state index in [1.165, 1.54) is 17.5 Å². The number of aryl methyl sites for hydroxylation is 1. The van der Waals surface area contributed by atoms with Crippen LogP contribution in [0.5, 0.6) is 0 Å². The second kappa shape index (κ2) is 1.58. The van der Waals surface area contributed by atoms with Crippen LogP contribution in [0, 0.1) is 6.92 Å². The molecule has 2 aliphatic rings. The molecule has 1 fully saturated rings. The number of fused-ring (bicyclic) bond motifs is 3. The number of rotatable bonds is 0. The lowest BCUT2D eigenvalue weighted by molar-refractivity contribution is 1.13. The predicted molar refractivity (Wildman–Crippen MR) is 43.7 cm³/mol. The van der Waals surface area contributed by atoms with Gasteiger partial charge in [-0.2, -0.15) is 0 Å². The van der Waals surface area contributed by atoms with Crippen molar-refractivity contribution >= 4 is 5.82 Å². The molecule has 1 aliphatic carbocycles. The summed E-state index contributed by atoms with van der Waals surface area (Å²) < 4.78 is 0. The van der Waals surface area contributed by atoms with Gasteiger partial charge in [0.15, 0.2) is 0 Å². The van der Waals surface area contributed by atoms with E-state index in [0.717, 1.165) is 17.8 Å². The molecule has 2 unspecified atom stereocenters. The molecule has 2 heterocycles. The summed E-state index contributed by atoms with van der Waals surface area (Å²) in [4.78, 5) is 4.33. The van der Waals surface area contributed by atoms with E-state index in [1.54, 1.807) is 0 Å². The van der Waals surface area contributed by atoms with E-state index >= 15 is 0 Å². The van der Waals surface area contributed by atoms with Gasteiger partial charge >= 0.3 is 0 Å². The number of nitrogens with zero attached hydrogens (tertiary/aromatic N) is 1. The molecule has 0 saturated heterocycles. The van der Waals surface area contributed by atoms with Gasteiger partial charge in [-0.1, -0.05) is 6.07 Å². The zero-order chi connectivity index (χ0) is 7.42. The first-order valence-electron chi connectivity index (χ1n) is 4.08. The molecule has 1 N–H and O–H groups in total. The van der Waals surface area contributed by atoms with Crippen molar-refractivity contribution in [3.63, 3.8) is 0 Å². The highest BCUT2D eigenvalue weighted by molar-refractivity contribution is 5.59. The number of hydrogen-bond donors (Lipinski definition) is 1. The van der Waals surface area contributed by atoms with Gasteiger partial charge in [-0.3, -0.25) is 0 Å². The first-order valence-corrected chi connectivity index (χ1v) is 4.08. The third-order valence-corrected chi connectivity index (χ3v) is 2.57. The summed E-state index contributed by atoms with van der Waals surface area (Å²) in [5, 5.41) is 3.39. The lowest BCUT2D eigenvalue weighted by Gasteiger charge is -2.02. The highest BCUT2D eigenvalue weighted by Gasteiger charge is 2.45. The van der Waals surface area contributed by atoms with E-state index in [0.29, 0.717) is 0 Å². The highest BCUT2D eigenvalue weighted by atomic mass is 15.1. The maximum atomic E-state index is 4.33. The van der Waals surface area contributed by atoms with E-state index < -0.39 is 0 Å². The summed E-state index contributed by atoms with van der Waals surface area (Å²) in [7, 11) is 0. The van der Waals surface area contributed by atoms with Gasteiger partial charge in [0.1, 0.15) is 5.82 Å². The van der Waals surface area contributed by atoms with Gasteiger partial charge in [-0.15, -0.1) is 0 Å². The Balaban J connectivity index is 2.20. The Kier molecular flexibility index (Phi) is 0.799. The van der Waals surface area contributed by atoms with Crippen molar-refractivity contribution in [3.8, 4) is 0 Å². The topological polar surface area (TPSA) is 24.9 Å². The summed E-state index contributed by atoms with van der Waals surface area (Å²) in [5.41, 5.74) is 2.72. The van der Waals surface area contributed by atoms with E-state index in [-0.39, 0.29) is 0 Å². The summed E-state index contributed by atoms with van der Waals surface area (Å²) in [6.45, 7) is 2.10. The molecule has 11 heavy (non-hydrogen) atoms. The molecular weight excluding hydrogens is 136 g/mol. The quantitative estimate of drug-likeness (QED) is 0.602. The van der Waals surface area contributed by atoms with Gasteiger partial charge < -0.3 is 5.32 Å². The van der Waals surface area contributed by atoms with Gasteiger partial charge in [0, 0.05) is 18.2 Å². The van der Waals surface area contributed by atoms with Crippen molar-refractivity contribution in [1.29, 1.82) is 0 Å². The van der Waals surface area contributed by atoms with Gasteiger partial charge in [0.05, 0.1) is 0 Å². The third-order valence-electron chi connectivity index (χ3n) is 2.57. The van der Waals surface area contributed by atoms with Crippen molar-refractivity contribution < 1.29 is 0 Å². The van der Waals surface area contributed by atoms with Crippen LogP contribution in [0.2, 0.25) is 0 Å². The van der Waals surface area contributed by atoms with Crippen molar-refractivity contribution in [2.24, 2.45) is 0 Å². The molecule has 1 aromatic heterocycles. The van der Waals surface area contributed by atoms with Crippen molar-refractivity contribution in [3.05, 3.63) is 23.4 Å². The van der Waals surface area contributed by atoms with E-state index in [1.807, 2.05) is 6.20 Å². The minimum Gasteiger partial charge on any atom is -0.366 e. The van der Waals surface area contributed by atoms with Crippen LogP contribution in [0.3, 0.4) is 0 Å². The zero-order valence-electron chi connectivity index (χ0n) is 6.46. The maximum Gasteiger partial charge on any atom is 0.129 e. The summed E-state index contributed by atoms with van der Waals surface area (Å²) in [5.74, 6) is 1.91. The Morgan fingerprint density at radius 1 is 1.64 bits per heavy atom. The highest BCUT2D eigenvalue weighted by Crippen LogP contribution is 2.50. The number of anilines is 1. The molecule has 0 amide bonds. The van der Waals surface area contributed by atoms with Gasteiger partial charge in [-0.25, -0.2) is 4.98 Å². The van der Waals surface area contributed by atoms with Crippen LogP contribution >= 0.6 is 0 Å². The SMILES string of the molecule is Cc1cnc2c(c1)C1CC1N2. The van der Waals surface area contributed by atoms with Crippen LogP contribution in [0.25, 0.3) is 0 Å². The maximum absolute atomic E-state index is 4.33. The van der Waals surface area contributed by atoms with E-state index in [9.17, 15) is 0 Å². The molecule has 2 heteroatoms. The molecule has 0 radical (unpaired) electrons. The molecule has 0 bridgehead atoms. The molecule has 2 nitrogen and oxygen atoms in total. The number of nitrogens with one attached hydrogen (secondary N) is 1. The smallest absolute Gasteiger partial charge is 0.129 e. The van der Waals surface area contributed by atoms with E-state index in [2.05, 4.69) is 23.3 Å². The largest absolute Gasteiger partial charge is 0.366 e. The molecule has 1 aromatic rings. The first-order chi connectivity index (χ1) is 5.34. The standard InChI is InChI=1S/C9H10N2/c1-5-2-7-6-3-8(6)11-9(7)10-4-5/h2,4,6,8H,3H2,1H3,(H,10,11). The minimum atomic E-state index is 0.722. The van der Waals surface area contributed by atoms with Gasteiger partial charge in [-0.05, 0) is 24.5 Å². The molecule has 1 aliphatic heterocycles. The van der Waals surface area contributed by atoms with Crippen molar-refractivity contribution in [2.45, 2.75) is 25.3 Å². The van der Waals surface area contributed by atoms with Crippen LogP contribution in [-0.2, 0) is 0 Å². The molecule has 1 saturated carbocycles. The third kappa shape index (κ3) is 0.642. The minimum absolute atomic E-state index is 0.722. The monoisotopic (exact) mass is 146 g/mol. The molecule has 0 spiro atoms. The molecule has 0 aromatic carbocycles. The first kappa shape index (κ1) is 5.58. The Hall–Kier alpha value is -1.05. The Bertz CT molecular complexity index is 319. The number of hydrogen-bond acceptors (Lipinski definition) is 2. The fourth-order valence-corrected chi connectivity index (χ4v) is 1.87. The number of aromatic nitrogens is 1. The molecular formula is C9H10N2. The van der Waals surface area contributed by atoms with Crippen LogP contribution in [0.15, 0.2) is 12.3 Å². The van der Waals surface area contributed by atoms with Crippen molar-refractivity contribution in [1.82, 2.24) is 4.98 Å². The van der Waals surface area contributed by atoms with E-state index in [4.69, 9.17) is 0 Å². The summed E-state index contributed by atoms with van der Waals surface area (Å²) in [6, 6.07) is 2.98. The molecule has 2 atom stereocenters. The number of pyridine rings is 1. The van der Waals surface area contributed by atoms with Crippen LogP contribution in [0.1, 0.15) is 23.5 Å². The summed E-state index contributed by atoms with van der Waals surface area (Å²) in [6.07, 6.45) is 3.24. The normalized spacial score (nSPS) is 30.6. The lowest BCUT2D eigenvalue weighted by Crippen LogP contribution is -1.98. The van der Waals surface area contributed by atoms with Gasteiger partial charge in [0.2, 0.25) is 0 Å². The Labute approximate surface area is 65.6 Å².